The van der Waals surface area contributed by atoms with Crippen LogP contribution in [0.15, 0.2) is 12.2 Å². The molecule has 0 saturated carbocycles. The van der Waals surface area contributed by atoms with Crippen LogP contribution in [0.25, 0.3) is 0 Å². The van der Waals surface area contributed by atoms with Gasteiger partial charge in [-0.2, -0.15) is 0 Å². The second-order valence-electron chi connectivity index (χ2n) is 24.8. The maximum Gasteiger partial charge on any atom is 0.306 e. The van der Waals surface area contributed by atoms with E-state index in [0.29, 0.717) is 17.4 Å². The molecule has 9 nitrogen and oxygen atoms in total. The van der Waals surface area contributed by atoms with Gasteiger partial charge in [0, 0.05) is 12.8 Å². The highest BCUT2D eigenvalue weighted by molar-refractivity contribution is 5.70. The molecule has 0 bridgehead atoms. The standard InChI is InChI=1S/C69H133NO8/c1-6-8-10-12-14-16-18-20-22-24-26-27-28-29-30-31-32-33-34-35-36-37-38-39-40-41-42-44-46-48-50-52-54-56-58-60-67(72)78-65(64-77-69(68(73)74)75-62-61-70(3,4)5)63-76-66(71)59-57-55-53-51-49-47-45-43-25-23-21-19-17-15-13-11-9-7-2/h24,26,65,69H,6-23,25,27-64H2,1-5H3/b26-24-. The Labute approximate surface area is 485 Å². The Balaban J connectivity index is 3.99. The predicted molar refractivity (Wildman–Crippen MR) is 330 cm³/mol. The quantitative estimate of drug-likeness (QED) is 0.0195. The third-order valence-electron chi connectivity index (χ3n) is 15.8. The van der Waals surface area contributed by atoms with E-state index in [0.717, 1.165) is 38.5 Å². The van der Waals surface area contributed by atoms with E-state index in [-0.39, 0.29) is 32.2 Å². The number of aliphatic carboxylic acids is 1. The number of carbonyl (C=O) groups excluding carboxylic acids is 3. The minimum Gasteiger partial charge on any atom is -0.545 e. The lowest BCUT2D eigenvalue weighted by Crippen LogP contribution is -2.44. The summed E-state index contributed by atoms with van der Waals surface area (Å²) < 4.78 is 22.8. The van der Waals surface area contributed by atoms with Crippen molar-refractivity contribution in [2.45, 2.75) is 367 Å². The third kappa shape index (κ3) is 61.6. The third-order valence-corrected chi connectivity index (χ3v) is 15.8. The van der Waals surface area contributed by atoms with Gasteiger partial charge in [-0.15, -0.1) is 0 Å². The van der Waals surface area contributed by atoms with Gasteiger partial charge in [-0.05, 0) is 38.5 Å². The van der Waals surface area contributed by atoms with Gasteiger partial charge >= 0.3 is 11.9 Å². The van der Waals surface area contributed by atoms with Crippen molar-refractivity contribution in [3.63, 3.8) is 0 Å². The number of allylic oxidation sites excluding steroid dienone is 2. The highest BCUT2D eigenvalue weighted by Crippen LogP contribution is 2.19. The molecule has 462 valence electrons. The molecule has 0 fully saturated rings. The van der Waals surface area contributed by atoms with Gasteiger partial charge in [0.15, 0.2) is 12.4 Å². The van der Waals surface area contributed by atoms with Crippen molar-refractivity contribution >= 4 is 17.9 Å². The SMILES string of the molecule is CCCCCCCCCC/C=C\CCCCCCCCCCCCCCCCCCCCCCCCCC(=O)OC(COC(=O)CCCCCCCCCCCCCCCCCCCC)COC(OCC[N+](C)(C)C)C(=O)[O-]. The molecule has 78 heavy (non-hydrogen) atoms. The van der Waals surface area contributed by atoms with Crippen LogP contribution in [0, 0.1) is 0 Å². The molecule has 9 heteroatoms. The first-order valence-corrected chi connectivity index (χ1v) is 34.3. The van der Waals surface area contributed by atoms with Gasteiger partial charge in [-0.1, -0.05) is 315 Å². The fourth-order valence-electron chi connectivity index (χ4n) is 10.5. The Morgan fingerprint density at radius 1 is 0.372 bits per heavy atom. The number of carboxylic acids is 1. The summed E-state index contributed by atoms with van der Waals surface area (Å²) in [7, 11) is 5.94. The van der Waals surface area contributed by atoms with E-state index in [1.807, 2.05) is 21.1 Å². The van der Waals surface area contributed by atoms with E-state index in [4.69, 9.17) is 18.9 Å². The van der Waals surface area contributed by atoms with E-state index in [1.54, 1.807) is 0 Å². The molecule has 2 unspecified atom stereocenters. The maximum atomic E-state index is 12.9. The van der Waals surface area contributed by atoms with Crippen LogP contribution in [0.5, 0.6) is 0 Å². The smallest absolute Gasteiger partial charge is 0.306 e. The number of ether oxygens (including phenoxy) is 4. The van der Waals surface area contributed by atoms with Gasteiger partial charge in [-0.25, -0.2) is 0 Å². The number of carbonyl (C=O) groups is 3. The van der Waals surface area contributed by atoms with Crippen molar-refractivity contribution < 1.29 is 42.9 Å². The summed E-state index contributed by atoms with van der Waals surface area (Å²) in [5.74, 6) is -2.25. The van der Waals surface area contributed by atoms with Crippen molar-refractivity contribution in [1.29, 1.82) is 0 Å². The van der Waals surface area contributed by atoms with Crippen LogP contribution < -0.4 is 5.11 Å². The number of unbranched alkanes of at least 4 members (excludes halogenated alkanes) is 48. The molecule has 0 aromatic rings. The maximum absolute atomic E-state index is 12.9. The van der Waals surface area contributed by atoms with Crippen LogP contribution in [0.2, 0.25) is 0 Å². The van der Waals surface area contributed by atoms with Gasteiger partial charge in [0.1, 0.15) is 13.2 Å². The first kappa shape index (κ1) is 76.0. The Hall–Kier alpha value is -1.97. The summed E-state index contributed by atoms with van der Waals surface area (Å²) in [6.07, 6.45) is 70.2. The van der Waals surface area contributed by atoms with Crippen LogP contribution in [0.4, 0.5) is 0 Å². The van der Waals surface area contributed by atoms with Gasteiger partial charge in [-0.3, -0.25) is 9.59 Å². The number of hydrogen-bond acceptors (Lipinski definition) is 8. The Morgan fingerprint density at radius 2 is 0.654 bits per heavy atom. The molecule has 0 aromatic carbocycles. The molecule has 0 heterocycles. The van der Waals surface area contributed by atoms with E-state index in [9.17, 15) is 19.5 Å². The number of esters is 2. The minimum absolute atomic E-state index is 0.153. The molecular weight excluding hydrogens is 971 g/mol. The van der Waals surface area contributed by atoms with Gasteiger partial charge in [0.05, 0.1) is 40.3 Å². The summed E-state index contributed by atoms with van der Waals surface area (Å²) in [5.41, 5.74) is 0. The van der Waals surface area contributed by atoms with Gasteiger partial charge in [0.2, 0.25) is 0 Å². The van der Waals surface area contributed by atoms with Gasteiger partial charge in [0.25, 0.3) is 0 Å². The molecule has 0 aliphatic carbocycles. The lowest BCUT2D eigenvalue weighted by molar-refractivity contribution is -0.870. The zero-order chi connectivity index (χ0) is 56.9. The van der Waals surface area contributed by atoms with Crippen molar-refractivity contribution in [3.8, 4) is 0 Å². The zero-order valence-electron chi connectivity index (χ0n) is 52.8. The summed E-state index contributed by atoms with van der Waals surface area (Å²) in [6.45, 7) is 4.82. The van der Waals surface area contributed by atoms with Crippen LogP contribution >= 0.6 is 0 Å². The van der Waals surface area contributed by atoms with E-state index >= 15 is 0 Å². The molecule has 0 N–H and O–H groups in total. The van der Waals surface area contributed by atoms with E-state index in [1.165, 1.54) is 289 Å². The van der Waals surface area contributed by atoms with Crippen molar-refractivity contribution in [2.24, 2.45) is 0 Å². The topological polar surface area (TPSA) is 111 Å². The number of hydrogen-bond donors (Lipinski definition) is 0. The number of carboxylic acid groups (broad SMARTS) is 1. The number of nitrogens with zero attached hydrogens (tertiary/aromatic N) is 1. The molecule has 2 atom stereocenters. The van der Waals surface area contributed by atoms with Crippen LogP contribution in [-0.4, -0.2) is 82.3 Å². The fourth-order valence-corrected chi connectivity index (χ4v) is 10.5. The first-order chi connectivity index (χ1) is 38.1. The van der Waals surface area contributed by atoms with E-state index < -0.39 is 24.3 Å². The number of likely N-dealkylation sites (N-methyl/N-ethyl adjacent to an activating group) is 1. The Morgan fingerprint density at radius 3 is 0.949 bits per heavy atom. The lowest BCUT2D eigenvalue weighted by Gasteiger charge is -2.26. The molecule has 0 rings (SSSR count). The summed E-state index contributed by atoms with van der Waals surface area (Å²) >= 11 is 0. The Kier molecular flexibility index (Phi) is 59.6. The summed E-state index contributed by atoms with van der Waals surface area (Å²) in [6, 6.07) is 0. The highest BCUT2D eigenvalue weighted by atomic mass is 16.7. The van der Waals surface area contributed by atoms with Crippen molar-refractivity contribution in [3.05, 3.63) is 12.2 Å². The highest BCUT2D eigenvalue weighted by Gasteiger charge is 2.22. The van der Waals surface area contributed by atoms with Crippen LogP contribution in [0.1, 0.15) is 354 Å². The molecule has 0 spiro atoms. The van der Waals surface area contributed by atoms with Crippen LogP contribution in [0.3, 0.4) is 0 Å². The predicted octanol–water partition coefficient (Wildman–Crippen LogP) is 19.5. The van der Waals surface area contributed by atoms with E-state index in [2.05, 4.69) is 26.0 Å². The average Bonchev–Trinajstić information content (AvgIpc) is 3.41. The number of quaternary nitrogens is 1. The largest absolute Gasteiger partial charge is 0.545 e. The monoisotopic (exact) mass is 1100 g/mol. The normalized spacial score (nSPS) is 12.7. The molecular formula is C69H133NO8. The summed E-state index contributed by atoms with van der Waals surface area (Å²) in [4.78, 5) is 37.4. The molecule has 0 saturated heterocycles. The minimum atomic E-state index is -1.62. The number of rotatable bonds is 65. The summed E-state index contributed by atoms with van der Waals surface area (Å²) in [5, 5.41) is 11.8. The fraction of sp³-hybridized carbons (Fsp3) is 0.928. The second-order valence-corrected chi connectivity index (χ2v) is 24.8. The zero-order valence-corrected chi connectivity index (χ0v) is 52.8. The molecule has 0 amide bonds. The van der Waals surface area contributed by atoms with Crippen LogP contribution in [-0.2, 0) is 33.3 Å². The lowest BCUT2D eigenvalue weighted by atomic mass is 10.0. The Bertz CT molecular complexity index is 1280. The molecule has 0 aliphatic rings. The molecule has 0 radical (unpaired) electrons. The van der Waals surface area contributed by atoms with Gasteiger partial charge < -0.3 is 33.3 Å². The molecule has 0 aromatic heterocycles. The van der Waals surface area contributed by atoms with Crippen molar-refractivity contribution in [1.82, 2.24) is 0 Å². The van der Waals surface area contributed by atoms with Crippen molar-refractivity contribution in [2.75, 3.05) is 47.5 Å². The average molecular weight is 1100 g/mol. The first-order valence-electron chi connectivity index (χ1n) is 34.3. The molecule has 0 aliphatic heterocycles. The second kappa shape index (κ2) is 61.1.